The molecule has 0 spiro atoms. The van der Waals surface area contributed by atoms with Gasteiger partial charge < -0.3 is 9.64 Å². The van der Waals surface area contributed by atoms with E-state index in [0.717, 1.165) is 33.4 Å². The number of allylic oxidation sites excluding steroid dienone is 2. The van der Waals surface area contributed by atoms with Gasteiger partial charge in [0.1, 0.15) is 5.75 Å². The van der Waals surface area contributed by atoms with Gasteiger partial charge in [-0.25, -0.2) is 9.36 Å². The van der Waals surface area contributed by atoms with E-state index in [9.17, 15) is 13.8 Å². The summed E-state index contributed by atoms with van der Waals surface area (Å²) in [6, 6.07) is 19.3. The molecule has 1 heterocycles. The second-order valence-electron chi connectivity index (χ2n) is 7.88. The Kier molecular flexibility index (Phi) is 8.22. The third kappa shape index (κ3) is 5.79. The fourth-order valence-corrected chi connectivity index (χ4v) is 4.39. The highest BCUT2D eigenvalue weighted by atomic mass is 32.2. The van der Waals surface area contributed by atoms with Crippen LogP contribution < -0.4 is 0 Å². The number of aromatic nitrogens is 1. The molecular formula is C26H30N2O4S. The number of benzene rings is 2. The highest BCUT2D eigenvalue weighted by Crippen LogP contribution is 2.24. The standard InChI is InChI=1S/C26H30N2O4S/c1-5-33(31)18-25(29)27(17-21-11-7-6-8-12-21)20(3)19(2)15-23-16-22-13-9-10-14-24(22)28(23)26(30)32-4/h6-14,16H,5,15,17-18H2,1-4H3/b20-19+. The summed E-state index contributed by atoms with van der Waals surface area (Å²) >= 11 is 0. The van der Waals surface area contributed by atoms with Crippen LogP contribution in [0.15, 0.2) is 71.9 Å². The predicted molar refractivity (Wildman–Crippen MR) is 132 cm³/mol. The zero-order valence-electron chi connectivity index (χ0n) is 19.5. The van der Waals surface area contributed by atoms with E-state index < -0.39 is 16.9 Å². The maximum absolute atomic E-state index is 13.1. The van der Waals surface area contributed by atoms with Gasteiger partial charge in [-0.1, -0.05) is 55.5 Å². The van der Waals surface area contributed by atoms with Crippen molar-refractivity contribution in [3.05, 3.63) is 83.2 Å². The van der Waals surface area contributed by atoms with E-state index in [1.165, 1.54) is 7.11 Å². The van der Waals surface area contributed by atoms with Gasteiger partial charge in [0.15, 0.2) is 0 Å². The maximum atomic E-state index is 13.1. The molecule has 0 fully saturated rings. The van der Waals surface area contributed by atoms with Gasteiger partial charge in [-0.2, -0.15) is 0 Å². The van der Waals surface area contributed by atoms with Crippen molar-refractivity contribution >= 4 is 33.7 Å². The first-order valence-corrected chi connectivity index (χ1v) is 12.4. The number of hydrogen-bond acceptors (Lipinski definition) is 4. The second-order valence-corrected chi connectivity index (χ2v) is 9.63. The number of hydrogen-bond donors (Lipinski definition) is 0. The van der Waals surface area contributed by atoms with Gasteiger partial charge in [-0.15, -0.1) is 0 Å². The number of carbonyl (C=O) groups excluding carboxylic acids is 2. The molecule has 33 heavy (non-hydrogen) atoms. The van der Waals surface area contributed by atoms with Crippen LogP contribution in [0.3, 0.4) is 0 Å². The largest absolute Gasteiger partial charge is 0.452 e. The molecule has 3 rings (SSSR count). The molecule has 1 unspecified atom stereocenters. The summed E-state index contributed by atoms with van der Waals surface area (Å²) in [5.74, 6) is 0.242. The van der Waals surface area contributed by atoms with Gasteiger partial charge in [0.25, 0.3) is 0 Å². The molecule has 2 aromatic carbocycles. The summed E-state index contributed by atoms with van der Waals surface area (Å²) in [6.07, 6.45) is 0.0117. The molecule has 0 N–H and O–H groups in total. The van der Waals surface area contributed by atoms with Crippen molar-refractivity contribution in [2.45, 2.75) is 33.7 Å². The molecule has 1 atom stereocenters. The Bertz CT molecular complexity index is 1200. The fraction of sp³-hybridized carbons (Fsp3) is 0.308. The van der Waals surface area contributed by atoms with Crippen LogP contribution in [0.1, 0.15) is 32.0 Å². The van der Waals surface area contributed by atoms with Crippen LogP contribution in [0.4, 0.5) is 4.79 Å². The van der Waals surface area contributed by atoms with Crippen molar-refractivity contribution in [1.29, 1.82) is 0 Å². The first-order chi connectivity index (χ1) is 15.8. The molecule has 0 radical (unpaired) electrons. The van der Waals surface area contributed by atoms with E-state index in [1.54, 1.807) is 9.47 Å². The zero-order chi connectivity index (χ0) is 24.0. The van der Waals surface area contributed by atoms with Crippen molar-refractivity contribution in [3.63, 3.8) is 0 Å². The molecule has 6 nitrogen and oxygen atoms in total. The molecule has 0 saturated carbocycles. The Morgan fingerprint density at radius 1 is 1.03 bits per heavy atom. The maximum Gasteiger partial charge on any atom is 0.418 e. The Labute approximate surface area is 197 Å². The molecule has 0 bridgehead atoms. The molecular weight excluding hydrogens is 436 g/mol. The highest BCUT2D eigenvalue weighted by molar-refractivity contribution is 7.85. The van der Waals surface area contributed by atoms with Crippen LogP contribution in [0.5, 0.6) is 0 Å². The number of amides is 1. The molecule has 7 heteroatoms. The first-order valence-electron chi connectivity index (χ1n) is 10.9. The van der Waals surface area contributed by atoms with E-state index in [-0.39, 0.29) is 11.7 Å². The van der Waals surface area contributed by atoms with Crippen LogP contribution in [0.25, 0.3) is 10.9 Å². The van der Waals surface area contributed by atoms with Gasteiger partial charge in [0.2, 0.25) is 5.91 Å². The van der Waals surface area contributed by atoms with Gasteiger partial charge in [0.05, 0.1) is 19.2 Å². The van der Waals surface area contributed by atoms with Gasteiger partial charge in [-0.3, -0.25) is 9.00 Å². The average molecular weight is 467 g/mol. The third-order valence-corrected chi connectivity index (χ3v) is 6.92. The normalized spacial score (nSPS) is 12.8. The van der Waals surface area contributed by atoms with Crippen molar-refractivity contribution < 1.29 is 18.5 Å². The number of ether oxygens (including phenoxy) is 1. The Hall–Kier alpha value is -3.19. The second kappa shape index (κ2) is 11.1. The van der Waals surface area contributed by atoms with E-state index in [2.05, 4.69) is 0 Å². The van der Waals surface area contributed by atoms with E-state index in [0.29, 0.717) is 18.7 Å². The quantitative estimate of drug-likeness (QED) is 0.474. The number of fused-ring (bicyclic) bond motifs is 1. The summed E-state index contributed by atoms with van der Waals surface area (Å²) in [5.41, 5.74) is 4.28. The van der Waals surface area contributed by atoms with Gasteiger partial charge in [-0.05, 0) is 37.1 Å². The first kappa shape index (κ1) is 24.5. The van der Waals surface area contributed by atoms with Crippen molar-refractivity contribution in [3.8, 4) is 0 Å². The zero-order valence-corrected chi connectivity index (χ0v) is 20.4. The summed E-state index contributed by atoms with van der Waals surface area (Å²) in [7, 11) is 0.160. The van der Waals surface area contributed by atoms with Crippen molar-refractivity contribution in [2.75, 3.05) is 18.6 Å². The van der Waals surface area contributed by atoms with Crippen LogP contribution >= 0.6 is 0 Å². The van der Waals surface area contributed by atoms with E-state index in [4.69, 9.17) is 4.74 Å². The van der Waals surface area contributed by atoms with Crippen LogP contribution in [0, 0.1) is 0 Å². The number of nitrogens with zero attached hydrogens (tertiary/aromatic N) is 2. The smallest absolute Gasteiger partial charge is 0.418 e. The van der Waals surface area contributed by atoms with Gasteiger partial charge >= 0.3 is 6.09 Å². The average Bonchev–Trinajstić information content (AvgIpc) is 3.19. The fourth-order valence-electron chi connectivity index (χ4n) is 3.76. The lowest BCUT2D eigenvalue weighted by Crippen LogP contribution is -2.33. The van der Waals surface area contributed by atoms with Crippen molar-refractivity contribution in [1.82, 2.24) is 9.47 Å². The summed E-state index contributed by atoms with van der Waals surface area (Å²) in [4.78, 5) is 27.3. The lowest BCUT2D eigenvalue weighted by molar-refractivity contribution is -0.127. The van der Waals surface area contributed by atoms with Gasteiger partial charge in [0, 0.05) is 39.8 Å². The molecule has 1 amide bonds. The third-order valence-electron chi connectivity index (χ3n) is 5.70. The molecule has 0 aliphatic rings. The minimum absolute atomic E-state index is 0.0175. The summed E-state index contributed by atoms with van der Waals surface area (Å²) in [5, 5.41) is 0.943. The number of rotatable bonds is 8. The van der Waals surface area contributed by atoms with Crippen molar-refractivity contribution in [2.24, 2.45) is 0 Å². The highest BCUT2D eigenvalue weighted by Gasteiger charge is 2.21. The minimum Gasteiger partial charge on any atom is -0.452 e. The van der Waals surface area contributed by atoms with Crippen LogP contribution in [-0.4, -0.2) is 44.3 Å². The number of carbonyl (C=O) groups is 2. The number of methoxy groups -OCH3 is 1. The van der Waals surface area contributed by atoms with Crippen LogP contribution in [-0.2, 0) is 33.3 Å². The topological polar surface area (TPSA) is 68.6 Å². The minimum atomic E-state index is -1.20. The molecule has 1 aromatic heterocycles. The Morgan fingerprint density at radius 3 is 2.36 bits per heavy atom. The monoisotopic (exact) mass is 466 g/mol. The predicted octanol–water partition coefficient (Wildman–Crippen LogP) is 4.89. The molecule has 174 valence electrons. The molecule has 0 aliphatic heterocycles. The van der Waals surface area contributed by atoms with E-state index >= 15 is 0 Å². The summed E-state index contributed by atoms with van der Waals surface area (Å²) in [6.45, 7) is 6.06. The van der Waals surface area contributed by atoms with E-state index in [1.807, 2.05) is 81.4 Å². The Balaban J connectivity index is 1.98. The SMILES string of the molecule is CCS(=O)CC(=O)N(Cc1ccccc1)/C(C)=C(\C)Cc1cc2ccccc2n1C(=O)OC. The van der Waals surface area contributed by atoms with Crippen LogP contribution in [0.2, 0.25) is 0 Å². The molecule has 0 aliphatic carbocycles. The lowest BCUT2D eigenvalue weighted by atomic mass is 10.1. The molecule has 3 aromatic rings. The molecule has 0 saturated heterocycles. The Morgan fingerprint density at radius 2 is 1.70 bits per heavy atom. The lowest BCUT2D eigenvalue weighted by Gasteiger charge is -2.26. The summed E-state index contributed by atoms with van der Waals surface area (Å²) < 4.78 is 18.7. The number of para-hydroxylation sites is 1.